The molecule has 152 valence electrons. The van der Waals surface area contributed by atoms with E-state index in [2.05, 4.69) is 22.0 Å². The topological polar surface area (TPSA) is 38.1 Å². The Morgan fingerprint density at radius 3 is 2.50 bits per heavy atom. The minimum absolute atomic E-state index is 0.179. The number of hydrogen-bond acceptors (Lipinski definition) is 3. The molecule has 4 aromatic rings. The highest BCUT2D eigenvalue weighted by atomic mass is 35.5. The van der Waals surface area contributed by atoms with E-state index in [4.69, 9.17) is 11.6 Å². The van der Waals surface area contributed by atoms with Crippen LogP contribution in [0.1, 0.15) is 22.9 Å². The second kappa shape index (κ2) is 8.72. The fourth-order valence-electron chi connectivity index (χ4n) is 3.77. The van der Waals surface area contributed by atoms with Crippen molar-refractivity contribution in [2.75, 3.05) is 19.0 Å². The maximum Gasteiger partial charge on any atom is 0.352 e. The number of rotatable bonds is 6. The predicted octanol–water partition coefficient (Wildman–Crippen LogP) is 5.36. The molecule has 0 amide bonds. The van der Waals surface area contributed by atoms with E-state index in [0.717, 1.165) is 40.7 Å². The van der Waals surface area contributed by atoms with Crippen molar-refractivity contribution >= 4 is 28.2 Å². The third kappa shape index (κ3) is 4.10. The minimum Gasteiger partial charge on any atom is -0.377 e. The molecule has 0 spiro atoms. The zero-order valence-corrected chi connectivity index (χ0v) is 17.9. The fourth-order valence-corrected chi connectivity index (χ4v) is 4.05. The van der Waals surface area contributed by atoms with Gasteiger partial charge in [-0.2, -0.15) is 0 Å². The molecule has 0 aliphatic rings. The van der Waals surface area contributed by atoms with Crippen molar-refractivity contribution in [1.82, 2.24) is 9.55 Å². The van der Waals surface area contributed by atoms with Crippen LogP contribution in [-0.4, -0.2) is 23.6 Å². The molecule has 0 radical (unpaired) electrons. The number of hydrogen-bond donors (Lipinski definition) is 0. The maximum atomic E-state index is 12.7. The van der Waals surface area contributed by atoms with E-state index < -0.39 is 0 Å². The second-order valence-corrected chi connectivity index (χ2v) is 8.09. The van der Waals surface area contributed by atoms with Gasteiger partial charge in [0.1, 0.15) is 0 Å². The molecule has 5 heteroatoms. The van der Waals surface area contributed by atoms with Gasteiger partial charge in [0.05, 0.1) is 16.6 Å². The summed E-state index contributed by atoms with van der Waals surface area (Å²) in [6, 6.07) is 24.1. The Balaban J connectivity index is 1.76. The Morgan fingerprint density at radius 2 is 1.73 bits per heavy atom. The third-order valence-corrected chi connectivity index (χ3v) is 5.75. The van der Waals surface area contributed by atoms with Crippen molar-refractivity contribution < 1.29 is 0 Å². The van der Waals surface area contributed by atoms with Crippen molar-refractivity contribution in [3.8, 4) is 5.69 Å². The van der Waals surface area contributed by atoms with E-state index in [9.17, 15) is 4.79 Å². The smallest absolute Gasteiger partial charge is 0.352 e. The molecule has 4 rings (SSSR count). The number of nitrogens with zero attached hydrogens (tertiary/aromatic N) is 3. The number of anilines is 1. The molecule has 1 aromatic heterocycles. The SMILES string of the molecule is CN(C)c1ccc(-n2c(=O)ncc3ccccc32)cc1C(Cl)CCc1ccccc1. The van der Waals surface area contributed by atoms with Crippen molar-refractivity contribution in [2.24, 2.45) is 0 Å². The van der Waals surface area contributed by atoms with Crippen LogP contribution in [0.3, 0.4) is 0 Å². The second-order valence-electron chi connectivity index (χ2n) is 7.56. The molecule has 3 aromatic carbocycles. The molecular formula is C25H24ClN3O. The molecular weight excluding hydrogens is 394 g/mol. The molecule has 0 saturated heterocycles. The number of aromatic nitrogens is 2. The van der Waals surface area contributed by atoms with Gasteiger partial charge in [-0.1, -0.05) is 48.5 Å². The van der Waals surface area contributed by atoms with Gasteiger partial charge in [0.25, 0.3) is 0 Å². The standard InChI is InChI=1S/C25H24ClN3O/c1-28(2)24-15-13-20(29-23-11-7-6-10-19(23)17-27-25(29)30)16-21(24)22(26)14-12-18-8-4-3-5-9-18/h3-11,13,15-17,22H,12,14H2,1-2H3. The lowest BCUT2D eigenvalue weighted by Gasteiger charge is -2.22. The quantitative estimate of drug-likeness (QED) is 0.396. The van der Waals surface area contributed by atoms with Gasteiger partial charge in [0.15, 0.2) is 0 Å². The van der Waals surface area contributed by atoms with E-state index in [1.165, 1.54) is 5.56 Å². The van der Waals surface area contributed by atoms with Crippen molar-refractivity contribution in [2.45, 2.75) is 18.2 Å². The molecule has 1 heterocycles. The first-order chi connectivity index (χ1) is 14.5. The summed E-state index contributed by atoms with van der Waals surface area (Å²) in [7, 11) is 4.01. The molecule has 0 saturated carbocycles. The highest BCUT2D eigenvalue weighted by Gasteiger charge is 2.17. The van der Waals surface area contributed by atoms with E-state index in [0.29, 0.717) is 0 Å². The van der Waals surface area contributed by atoms with Crippen LogP contribution in [0.5, 0.6) is 0 Å². The third-order valence-electron chi connectivity index (χ3n) is 5.30. The molecule has 1 unspecified atom stereocenters. The average molecular weight is 418 g/mol. The zero-order chi connectivity index (χ0) is 21.1. The highest BCUT2D eigenvalue weighted by molar-refractivity contribution is 6.21. The Bertz CT molecular complexity index is 1220. The molecule has 0 N–H and O–H groups in total. The lowest BCUT2D eigenvalue weighted by atomic mass is 10.0. The number of benzene rings is 3. The van der Waals surface area contributed by atoms with Gasteiger partial charge in [0, 0.05) is 31.4 Å². The summed E-state index contributed by atoms with van der Waals surface area (Å²) in [5.41, 5.74) is 4.63. The van der Waals surface area contributed by atoms with E-state index in [1.54, 1.807) is 10.8 Å². The molecule has 4 nitrogen and oxygen atoms in total. The normalized spacial score (nSPS) is 12.1. The van der Waals surface area contributed by atoms with E-state index >= 15 is 0 Å². The summed E-state index contributed by atoms with van der Waals surface area (Å²) in [4.78, 5) is 18.8. The Labute approximate surface area is 181 Å². The number of para-hydroxylation sites is 1. The number of alkyl halides is 1. The first-order valence-corrected chi connectivity index (χ1v) is 10.4. The van der Waals surface area contributed by atoms with Crippen LogP contribution in [0.25, 0.3) is 16.6 Å². The van der Waals surface area contributed by atoms with Crippen LogP contribution in [0.2, 0.25) is 0 Å². The van der Waals surface area contributed by atoms with Gasteiger partial charge in [-0.15, -0.1) is 11.6 Å². The summed E-state index contributed by atoms with van der Waals surface area (Å²) >= 11 is 6.89. The van der Waals surface area contributed by atoms with Gasteiger partial charge in [0.2, 0.25) is 0 Å². The number of aryl methyl sites for hydroxylation is 1. The fraction of sp³-hybridized carbons (Fsp3) is 0.200. The molecule has 1 atom stereocenters. The highest BCUT2D eigenvalue weighted by Crippen LogP contribution is 2.35. The van der Waals surface area contributed by atoms with Crippen LogP contribution in [0.15, 0.2) is 83.8 Å². The van der Waals surface area contributed by atoms with Crippen LogP contribution < -0.4 is 10.6 Å². The van der Waals surface area contributed by atoms with Gasteiger partial charge in [-0.25, -0.2) is 9.78 Å². The Hall–Kier alpha value is -3.11. The van der Waals surface area contributed by atoms with Crippen molar-refractivity contribution in [3.05, 3.63) is 101 Å². The molecule has 0 bridgehead atoms. The minimum atomic E-state index is -0.298. The largest absolute Gasteiger partial charge is 0.377 e. The van der Waals surface area contributed by atoms with Gasteiger partial charge >= 0.3 is 5.69 Å². The summed E-state index contributed by atoms with van der Waals surface area (Å²) in [6.45, 7) is 0. The van der Waals surface area contributed by atoms with Crippen molar-refractivity contribution in [3.63, 3.8) is 0 Å². The first-order valence-electron chi connectivity index (χ1n) is 10.0. The van der Waals surface area contributed by atoms with Gasteiger partial charge in [-0.05, 0) is 48.2 Å². The van der Waals surface area contributed by atoms with Crippen LogP contribution in [-0.2, 0) is 6.42 Å². The monoisotopic (exact) mass is 417 g/mol. The van der Waals surface area contributed by atoms with Gasteiger partial charge in [-0.3, -0.25) is 4.57 Å². The molecule has 0 aliphatic carbocycles. The van der Waals surface area contributed by atoms with Crippen LogP contribution in [0, 0.1) is 0 Å². The van der Waals surface area contributed by atoms with E-state index in [-0.39, 0.29) is 11.1 Å². The average Bonchev–Trinajstić information content (AvgIpc) is 2.77. The Kier molecular flexibility index (Phi) is 5.86. The number of fused-ring (bicyclic) bond motifs is 1. The summed E-state index contributed by atoms with van der Waals surface area (Å²) < 4.78 is 1.65. The summed E-state index contributed by atoms with van der Waals surface area (Å²) in [5.74, 6) is 0. The number of halogens is 1. The maximum absolute atomic E-state index is 12.7. The van der Waals surface area contributed by atoms with Crippen molar-refractivity contribution in [1.29, 1.82) is 0 Å². The summed E-state index contributed by atoms with van der Waals surface area (Å²) in [6.07, 6.45) is 3.31. The molecule has 30 heavy (non-hydrogen) atoms. The van der Waals surface area contributed by atoms with Gasteiger partial charge < -0.3 is 4.90 Å². The van der Waals surface area contributed by atoms with Crippen LogP contribution >= 0.6 is 11.6 Å². The molecule has 0 aliphatic heterocycles. The zero-order valence-electron chi connectivity index (χ0n) is 17.1. The molecule has 0 fully saturated rings. The Morgan fingerprint density at radius 1 is 1.00 bits per heavy atom. The lowest BCUT2D eigenvalue weighted by molar-refractivity contribution is 0.789. The van der Waals surface area contributed by atoms with E-state index in [1.807, 2.05) is 74.8 Å². The summed E-state index contributed by atoms with van der Waals surface area (Å²) in [5, 5.41) is 0.739. The van der Waals surface area contributed by atoms with Crippen LogP contribution in [0.4, 0.5) is 5.69 Å². The lowest BCUT2D eigenvalue weighted by Crippen LogP contribution is -2.22. The predicted molar refractivity (Wildman–Crippen MR) is 125 cm³/mol. The first kappa shape index (κ1) is 20.2.